The van der Waals surface area contributed by atoms with Crippen LogP contribution in [0.2, 0.25) is 0 Å². The maximum atomic E-state index is 13.2. The highest BCUT2D eigenvalue weighted by atomic mass is 79.9. The van der Waals surface area contributed by atoms with E-state index in [0.717, 1.165) is 32.7 Å². The summed E-state index contributed by atoms with van der Waals surface area (Å²) in [6.45, 7) is 3.60. The van der Waals surface area contributed by atoms with Crippen molar-refractivity contribution in [1.29, 1.82) is 0 Å². The van der Waals surface area contributed by atoms with Crippen LogP contribution in [0.1, 0.15) is 45.1 Å². The second-order valence-electron chi connectivity index (χ2n) is 6.59. The first-order valence-electron chi connectivity index (χ1n) is 7.67. The zero-order chi connectivity index (χ0) is 16.8. The molecule has 1 aromatic rings. The molecule has 0 amide bonds. The molecule has 124 valence electrons. The van der Waals surface area contributed by atoms with Crippen LogP contribution >= 0.6 is 15.9 Å². The molecule has 2 N–H and O–H groups in total. The number of rotatable bonds is 1. The molecule has 0 bridgehead atoms. The maximum Gasteiger partial charge on any atom is 0.293 e. The molecule has 1 aromatic carbocycles. The standard InChI is InChI=1S/C16H20BrN3O3/c1-15(2)14(11-6-8-12(17)9-7-11)19(22)16(20(15)23)10-4-3-5-13(16)18-21/h6-9,21,23H,3-5,10H2,1-2H3/b18-13+. The second-order valence-corrected chi connectivity index (χ2v) is 7.51. The Labute approximate surface area is 143 Å². The van der Waals surface area contributed by atoms with Crippen LogP contribution in [-0.2, 0) is 0 Å². The van der Waals surface area contributed by atoms with Gasteiger partial charge in [-0.25, -0.2) is 0 Å². The number of nitrogens with zero attached hydrogens (tertiary/aromatic N) is 3. The Bertz CT molecular complexity index is 684. The summed E-state index contributed by atoms with van der Waals surface area (Å²) >= 11 is 3.39. The predicted octanol–water partition coefficient (Wildman–Crippen LogP) is 3.33. The van der Waals surface area contributed by atoms with E-state index in [0.29, 0.717) is 24.3 Å². The molecule has 0 saturated heterocycles. The second kappa shape index (κ2) is 5.58. The van der Waals surface area contributed by atoms with Crippen LogP contribution in [0, 0.1) is 5.21 Å². The summed E-state index contributed by atoms with van der Waals surface area (Å²) in [6.07, 6.45) is 2.56. The van der Waals surface area contributed by atoms with Gasteiger partial charge in [0.2, 0.25) is 5.71 Å². The average Bonchev–Trinajstić information content (AvgIpc) is 2.68. The Morgan fingerprint density at radius 1 is 1.26 bits per heavy atom. The molecule has 6 nitrogen and oxygen atoms in total. The van der Waals surface area contributed by atoms with Crippen molar-refractivity contribution in [1.82, 2.24) is 5.06 Å². The molecule has 0 radical (unpaired) electrons. The molecular weight excluding hydrogens is 362 g/mol. The molecule has 1 aliphatic carbocycles. The van der Waals surface area contributed by atoms with Gasteiger partial charge in [-0.05, 0) is 57.4 Å². The molecule has 1 heterocycles. The summed E-state index contributed by atoms with van der Waals surface area (Å²) in [4.78, 5) is 0. The van der Waals surface area contributed by atoms with Gasteiger partial charge in [0.1, 0.15) is 11.3 Å². The van der Waals surface area contributed by atoms with Gasteiger partial charge in [0.15, 0.2) is 0 Å². The summed E-state index contributed by atoms with van der Waals surface area (Å²) in [7, 11) is 0. The third kappa shape index (κ3) is 2.21. The minimum Gasteiger partial charge on any atom is -0.622 e. The number of hydrogen-bond acceptors (Lipinski definition) is 5. The summed E-state index contributed by atoms with van der Waals surface area (Å²) in [6, 6.07) is 7.41. The number of halogens is 1. The molecule has 7 heteroatoms. The molecule has 1 spiro atoms. The van der Waals surface area contributed by atoms with Gasteiger partial charge in [-0.15, -0.1) is 5.06 Å². The van der Waals surface area contributed by atoms with Crippen molar-refractivity contribution in [2.75, 3.05) is 0 Å². The lowest BCUT2D eigenvalue weighted by molar-refractivity contribution is -0.568. The van der Waals surface area contributed by atoms with Gasteiger partial charge in [-0.3, -0.25) is 0 Å². The summed E-state index contributed by atoms with van der Waals surface area (Å²) in [5.74, 6) is 0. The van der Waals surface area contributed by atoms with E-state index in [1.165, 1.54) is 0 Å². The van der Waals surface area contributed by atoms with E-state index >= 15 is 0 Å². The predicted molar refractivity (Wildman–Crippen MR) is 90.0 cm³/mol. The molecule has 1 saturated carbocycles. The number of benzene rings is 1. The fourth-order valence-electron chi connectivity index (χ4n) is 3.75. The molecule has 1 aliphatic heterocycles. The summed E-state index contributed by atoms with van der Waals surface area (Å²) in [5.41, 5.74) is -0.689. The Morgan fingerprint density at radius 2 is 1.91 bits per heavy atom. The average molecular weight is 382 g/mol. The minimum atomic E-state index is -1.32. The molecular formula is C16H20BrN3O3. The maximum absolute atomic E-state index is 13.2. The lowest BCUT2D eigenvalue weighted by atomic mass is 9.86. The highest BCUT2D eigenvalue weighted by molar-refractivity contribution is 9.10. The van der Waals surface area contributed by atoms with Crippen molar-refractivity contribution in [3.63, 3.8) is 0 Å². The molecule has 1 unspecified atom stereocenters. The first kappa shape index (κ1) is 16.4. The smallest absolute Gasteiger partial charge is 0.293 e. The van der Waals surface area contributed by atoms with Crippen molar-refractivity contribution < 1.29 is 15.2 Å². The zero-order valence-corrected chi connectivity index (χ0v) is 14.7. The molecule has 1 fully saturated rings. The topological polar surface area (TPSA) is 82.1 Å². The molecule has 1 atom stereocenters. The van der Waals surface area contributed by atoms with Crippen molar-refractivity contribution in [2.24, 2.45) is 5.16 Å². The SMILES string of the molecule is CC1(C)C(c2ccc(Br)cc2)=[N+]([O-])C2(CCCC/C2=N\O)N1O. The van der Waals surface area contributed by atoms with Gasteiger partial charge in [-0.2, -0.15) is 4.74 Å². The fourth-order valence-corrected chi connectivity index (χ4v) is 4.01. The van der Waals surface area contributed by atoms with E-state index in [1.807, 2.05) is 24.3 Å². The van der Waals surface area contributed by atoms with E-state index in [1.54, 1.807) is 13.8 Å². The van der Waals surface area contributed by atoms with Crippen LogP contribution in [0.25, 0.3) is 0 Å². The highest BCUT2D eigenvalue weighted by Crippen LogP contribution is 2.42. The van der Waals surface area contributed by atoms with Crippen molar-refractivity contribution >= 4 is 27.4 Å². The van der Waals surface area contributed by atoms with Crippen LogP contribution in [0.5, 0.6) is 0 Å². The van der Waals surface area contributed by atoms with Crippen LogP contribution in [0.15, 0.2) is 33.9 Å². The third-order valence-electron chi connectivity index (χ3n) is 4.89. The molecule has 23 heavy (non-hydrogen) atoms. The normalized spacial score (nSPS) is 29.7. The number of hydroxylamine groups is 3. The Morgan fingerprint density at radius 3 is 2.52 bits per heavy atom. The number of oxime groups is 1. The minimum absolute atomic E-state index is 0.321. The van der Waals surface area contributed by atoms with Gasteiger partial charge >= 0.3 is 0 Å². The Balaban J connectivity index is 2.22. The van der Waals surface area contributed by atoms with Crippen molar-refractivity contribution in [3.05, 3.63) is 39.5 Å². The van der Waals surface area contributed by atoms with Gasteiger partial charge in [0, 0.05) is 16.5 Å². The van der Waals surface area contributed by atoms with Crippen LogP contribution in [0.4, 0.5) is 0 Å². The molecule has 2 aliphatic rings. The number of hydrogen-bond donors (Lipinski definition) is 2. The van der Waals surface area contributed by atoms with E-state index in [2.05, 4.69) is 21.1 Å². The fraction of sp³-hybridized carbons (Fsp3) is 0.500. The van der Waals surface area contributed by atoms with Gasteiger partial charge < -0.3 is 15.6 Å². The van der Waals surface area contributed by atoms with E-state index < -0.39 is 11.2 Å². The molecule has 0 aromatic heterocycles. The summed E-state index contributed by atoms with van der Waals surface area (Å²) in [5, 5.41) is 37.9. The van der Waals surface area contributed by atoms with Crippen LogP contribution < -0.4 is 0 Å². The monoisotopic (exact) mass is 381 g/mol. The van der Waals surface area contributed by atoms with Crippen LogP contribution in [-0.4, -0.2) is 42.8 Å². The largest absolute Gasteiger partial charge is 0.622 e. The van der Waals surface area contributed by atoms with Gasteiger partial charge in [-0.1, -0.05) is 21.1 Å². The first-order chi connectivity index (χ1) is 10.9. The lowest BCUT2D eigenvalue weighted by Crippen LogP contribution is -2.60. The lowest BCUT2D eigenvalue weighted by Gasteiger charge is -2.38. The van der Waals surface area contributed by atoms with Crippen molar-refractivity contribution in [3.8, 4) is 0 Å². The molecule has 3 rings (SSSR count). The van der Waals surface area contributed by atoms with E-state index in [-0.39, 0.29) is 0 Å². The Kier molecular flexibility index (Phi) is 3.98. The quantitative estimate of drug-likeness (QED) is 0.338. The Hall–Kier alpha value is -1.44. The zero-order valence-electron chi connectivity index (χ0n) is 13.2. The first-order valence-corrected chi connectivity index (χ1v) is 8.46. The van der Waals surface area contributed by atoms with Crippen LogP contribution in [0.3, 0.4) is 0 Å². The highest BCUT2D eigenvalue weighted by Gasteiger charge is 2.65. The van der Waals surface area contributed by atoms with E-state index in [4.69, 9.17) is 0 Å². The van der Waals surface area contributed by atoms with E-state index in [9.17, 15) is 15.6 Å². The van der Waals surface area contributed by atoms with Crippen molar-refractivity contribution in [2.45, 2.75) is 50.7 Å². The summed E-state index contributed by atoms with van der Waals surface area (Å²) < 4.78 is 1.76. The van der Waals surface area contributed by atoms with Gasteiger partial charge in [0.25, 0.3) is 5.66 Å². The third-order valence-corrected chi connectivity index (χ3v) is 5.42. The van der Waals surface area contributed by atoms with Gasteiger partial charge in [0.05, 0.1) is 0 Å².